The van der Waals surface area contributed by atoms with Crippen molar-refractivity contribution in [2.75, 3.05) is 26.2 Å². The molecule has 1 heterocycles. The fourth-order valence-electron chi connectivity index (χ4n) is 4.36. The van der Waals surface area contributed by atoms with Crippen molar-refractivity contribution < 1.29 is 4.79 Å². The molecule has 32 heavy (non-hydrogen) atoms. The van der Waals surface area contributed by atoms with Gasteiger partial charge in [-0.25, -0.2) is 0 Å². The lowest BCUT2D eigenvalue weighted by Gasteiger charge is -2.36. The topological polar surface area (TPSA) is 68.8 Å². The normalized spacial score (nSPS) is 16.8. The third kappa shape index (κ3) is 7.51. The van der Waals surface area contributed by atoms with E-state index in [2.05, 4.69) is 74.0 Å². The number of hydrogen-bond donors (Lipinski definition) is 3. The first-order chi connectivity index (χ1) is 15.3. The van der Waals surface area contributed by atoms with Gasteiger partial charge in [-0.15, -0.1) is 0 Å². The largest absolute Gasteiger partial charge is 0.357 e. The summed E-state index contributed by atoms with van der Waals surface area (Å²) < 4.78 is 0. The van der Waals surface area contributed by atoms with Crippen molar-refractivity contribution in [3.8, 4) is 0 Å². The number of rotatable bonds is 10. The van der Waals surface area contributed by atoms with Crippen LogP contribution < -0.4 is 16.0 Å². The summed E-state index contributed by atoms with van der Waals surface area (Å²) in [6.45, 7) is 15.9. The van der Waals surface area contributed by atoms with Gasteiger partial charge in [-0.05, 0) is 45.1 Å². The number of nitrogens with zero attached hydrogens (tertiary/aromatic N) is 2. The van der Waals surface area contributed by atoms with Gasteiger partial charge < -0.3 is 20.9 Å². The van der Waals surface area contributed by atoms with Crippen molar-refractivity contribution in [2.45, 2.75) is 84.8 Å². The molecule has 6 nitrogen and oxygen atoms in total. The Morgan fingerprint density at radius 1 is 1.09 bits per heavy atom. The summed E-state index contributed by atoms with van der Waals surface area (Å²) in [5.74, 6) is 1.21. The molecule has 0 radical (unpaired) electrons. The number of piperidine rings is 1. The van der Waals surface area contributed by atoms with Crippen molar-refractivity contribution in [1.29, 1.82) is 0 Å². The minimum Gasteiger partial charge on any atom is -0.357 e. The molecular weight excluding hydrogens is 398 g/mol. The molecule has 0 aromatic heterocycles. The molecule has 0 saturated carbocycles. The quantitative estimate of drug-likeness (QED) is 0.376. The fraction of sp³-hybridized carbons (Fsp3) is 0.692. The van der Waals surface area contributed by atoms with Gasteiger partial charge in [0.1, 0.15) is 0 Å². The molecule has 1 saturated heterocycles. The second kappa shape index (κ2) is 12.8. The van der Waals surface area contributed by atoms with Crippen LogP contribution in [0.5, 0.6) is 0 Å². The molecule has 2 rings (SSSR count). The summed E-state index contributed by atoms with van der Waals surface area (Å²) in [5, 5.41) is 10.9. The van der Waals surface area contributed by atoms with E-state index in [0.29, 0.717) is 6.04 Å². The Hall–Kier alpha value is -2.08. The van der Waals surface area contributed by atoms with E-state index in [4.69, 9.17) is 4.99 Å². The van der Waals surface area contributed by atoms with Crippen LogP contribution in [0, 0.1) is 5.92 Å². The van der Waals surface area contributed by atoms with E-state index in [9.17, 15) is 4.79 Å². The highest BCUT2D eigenvalue weighted by atomic mass is 16.2. The van der Waals surface area contributed by atoms with E-state index < -0.39 is 0 Å². The van der Waals surface area contributed by atoms with Crippen LogP contribution in [-0.2, 0) is 4.79 Å². The first kappa shape index (κ1) is 26.2. The van der Waals surface area contributed by atoms with Crippen LogP contribution in [0.4, 0.5) is 0 Å². The van der Waals surface area contributed by atoms with Crippen molar-refractivity contribution >= 4 is 11.9 Å². The van der Waals surface area contributed by atoms with Gasteiger partial charge in [0.2, 0.25) is 5.91 Å². The number of hydrogen-bond acceptors (Lipinski definition) is 3. The maximum absolute atomic E-state index is 12.3. The summed E-state index contributed by atoms with van der Waals surface area (Å²) >= 11 is 0. The maximum atomic E-state index is 12.3. The van der Waals surface area contributed by atoms with Crippen LogP contribution in [-0.4, -0.2) is 54.5 Å². The zero-order valence-electron chi connectivity index (χ0n) is 21.1. The molecule has 3 N–H and O–H groups in total. The maximum Gasteiger partial charge on any atom is 0.225 e. The molecule has 0 bridgehead atoms. The number of nitrogens with one attached hydrogen (secondary N) is 3. The van der Waals surface area contributed by atoms with E-state index in [1.54, 1.807) is 0 Å². The summed E-state index contributed by atoms with van der Waals surface area (Å²) in [6, 6.07) is 11.2. The van der Waals surface area contributed by atoms with E-state index in [1.807, 2.05) is 18.7 Å². The van der Waals surface area contributed by atoms with E-state index >= 15 is 0 Å². The zero-order valence-corrected chi connectivity index (χ0v) is 21.1. The summed E-state index contributed by atoms with van der Waals surface area (Å²) in [7, 11) is 0. The molecule has 1 atom stereocenters. The summed E-state index contributed by atoms with van der Waals surface area (Å²) in [6.07, 6.45) is 3.94. The standard InChI is InChI=1S/C26H45N5O/c1-7-26(8-2,30-21(6)22-13-11-10-12-14-22)19-28-25(27-9-3)29-23-15-17-31(18-16-23)24(32)20(4)5/h10-14,20-21,23,30H,7-9,15-19H2,1-6H3,(H2,27,28,29). The molecule has 1 fully saturated rings. The number of carbonyl (C=O) groups is 1. The number of likely N-dealkylation sites (tertiary alicyclic amines) is 1. The van der Waals surface area contributed by atoms with Crippen molar-refractivity contribution in [2.24, 2.45) is 10.9 Å². The molecule has 1 aromatic rings. The second-order valence-corrected chi connectivity index (χ2v) is 9.36. The molecule has 1 amide bonds. The minimum absolute atomic E-state index is 0.0509. The Bertz CT molecular complexity index is 706. The van der Waals surface area contributed by atoms with Gasteiger partial charge in [0.15, 0.2) is 5.96 Å². The Kier molecular flexibility index (Phi) is 10.5. The lowest BCUT2D eigenvalue weighted by molar-refractivity contribution is -0.135. The fourth-order valence-corrected chi connectivity index (χ4v) is 4.36. The van der Waals surface area contributed by atoms with Gasteiger partial charge in [0.25, 0.3) is 0 Å². The molecule has 6 heteroatoms. The zero-order chi connectivity index (χ0) is 23.6. The first-order valence-corrected chi connectivity index (χ1v) is 12.5. The third-order valence-corrected chi connectivity index (χ3v) is 6.70. The van der Waals surface area contributed by atoms with Gasteiger partial charge in [-0.3, -0.25) is 9.79 Å². The van der Waals surface area contributed by atoms with Gasteiger partial charge in [0.05, 0.1) is 6.54 Å². The van der Waals surface area contributed by atoms with Crippen molar-refractivity contribution in [1.82, 2.24) is 20.9 Å². The molecule has 1 unspecified atom stereocenters. The highest BCUT2D eigenvalue weighted by Gasteiger charge is 2.29. The lowest BCUT2D eigenvalue weighted by atomic mass is 9.90. The van der Waals surface area contributed by atoms with E-state index in [-0.39, 0.29) is 23.4 Å². The minimum atomic E-state index is -0.0509. The average molecular weight is 444 g/mol. The number of amides is 1. The number of guanidine groups is 1. The van der Waals surface area contributed by atoms with Crippen molar-refractivity contribution in [3.63, 3.8) is 0 Å². The highest BCUT2D eigenvalue weighted by molar-refractivity contribution is 5.80. The molecular formula is C26H45N5O. The second-order valence-electron chi connectivity index (χ2n) is 9.36. The monoisotopic (exact) mass is 443 g/mol. The molecule has 0 spiro atoms. The molecule has 0 aliphatic carbocycles. The number of carbonyl (C=O) groups excluding carboxylic acids is 1. The van der Waals surface area contributed by atoms with Crippen LogP contribution in [0.1, 0.15) is 78.8 Å². The van der Waals surface area contributed by atoms with E-state index in [1.165, 1.54) is 5.56 Å². The van der Waals surface area contributed by atoms with Gasteiger partial charge >= 0.3 is 0 Å². The summed E-state index contributed by atoms with van der Waals surface area (Å²) in [5.41, 5.74) is 1.25. The van der Waals surface area contributed by atoms with Gasteiger partial charge in [-0.1, -0.05) is 58.0 Å². The Labute approximate surface area is 195 Å². The number of aliphatic imine (C=N–C) groups is 1. The molecule has 180 valence electrons. The van der Waals surface area contributed by atoms with Crippen molar-refractivity contribution in [3.05, 3.63) is 35.9 Å². The molecule has 1 aliphatic rings. The molecule has 1 aliphatic heterocycles. The average Bonchev–Trinajstić information content (AvgIpc) is 2.82. The molecule has 1 aromatic carbocycles. The third-order valence-electron chi connectivity index (χ3n) is 6.70. The van der Waals surface area contributed by atoms with Crippen LogP contribution in [0.15, 0.2) is 35.3 Å². The van der Waals surface area contributed by atoms with Crippen LogP contribution in [0.3, 0.4) is 0 Å². The number of benzene rings is 1. The summed E-state index contributed by atoms with van der Waals surface area (Å²) in [4.78, 5) is 19.3. The lowest BCUT2D eigenvalue weighted by Crippen LogP contribution is -2.52. The van der Waals surface area contributed by atoms with Gasteiger partial charge in [-0.2, -0.15) is 0 Å². The SMILES string of the molecule is CCNC(=NCC(CC)(CC)NC(C)c1ccccc1)NC1CCN(C(=O)C(C)C)CC1. The Morgan fingerprint density at radius 3 is 2.25 bits per heavy atom. The van der Waals surface area contributed by atoms with Crippen LogP contribution >= 0.6 is 0 Å². The predicted molar refractivity (Wildman–Crippen MR) is 135 cm³/mol. The first-order valence-electron chi connectivity index (χ1n) is 12.5. The van der Waals surface area contributed by atoms with E-state index in [0.717, 1.165) is 57.8 Å². The van der Waals surface area contributed by atoms with Crippen LogP contribution in [0.25, 0.3) is 0 Å². The predicted octanol–water partition coefficient (Wildman–Crippen LogP) is 4.10. The van der Waals surface area contributed by atoms with Gasteiger partial charge in [0, 0.05) is 43.2 Å². The Morgan fingerprint density at radius 2 is 1.72 bits per heavy atom. The highest BCUT2D eigenvalue weighted by Crippen LogP contribution is 2.22. The smallest absolute Gasteiger partial charge is 0.225 e. The van der Waals surface area contributed by atoms with Crippen LogP contribution in [0.2, 0.25) is 0 Å². The Balaban J connectivity index is 2.00.